The zero-order valence-corrected chi connectivity index (χ0v) is 28.6. The first kappa shape index (κ1) is 38.1. The lowest BCUT2D eigenvalue weighted by Crippen LogP contribution is -2.27. The van der Waals surface area contributed by atoms with Crippen LogP contribution in [0, 0.1) is 35.1 Å². The average molecular weight is 681 g/mol. The van der Waals surface area contributed by atoms with Gasteiger partial charge in [0.05, 0.1) is 33.0 Å². The Bertz CT molecular complexity index is 1310. The fourth-order valence-corrected chi connectivity index (χ4v) is 6.39. The lowest BCUT2D eigenvalue weighted by atomic mass is 9.95. The van der Waals surface area contributed by atoms with Crippen LogP contribution in [0.1, 0.15) is 122 Å². The zero-order valence-electron chi connectivity index (χ0n) is 28.6. The standard InChI is InChI=1S/C38H52F4O6/c1-4-44-32-20-18-30(34(40)36(32)42)38-47-23-27(24-48-38)14-10-6-8-12-16-28(25(2)3)15-11-7-5-9-13-26-21-45-37(46-22-26)29-17-19-31(43)35(41)33(29)39/h17-20,26-27,37-38,43H,4-16,21-24H2,1-3H3. The first-order chi connectivity index (χ1) is 23.2. The molecule has 0 saturated carbocycles. The molecule has 0 amide bonds. The van der Waals surface area contributed by atoms with E-state index in [2.05, 4.69) is 13.8 Å². The first-order valence-electron chi connectivity index (χ1n) is 17.6. The number of aromatic hydroxyl groups is 1. The van der Waals surface area contributed by atoms with Gasteiger partial charge in [-0.05, 0) is 83.6 Å². The maximum atomic E-state index is 14.5. The molecule has 10 heteroatoms. The minimum Gasteiger partial charge on any atom is -0.505 e. The fourth-order valence-electron chi connectivity index (χ4n) is 6.39. The molecular weight excluding hydrogens is 628 g/mol. The summed E-state index contributed by atoms with van der Waals surface area (Å²) in [6.45, 7) is 8.18. The Morgan fingerprint density at radius 1 is 0.646 bits per heavy atom. The van der Waals surface area contributed by atoms with E-state index in [4.69, 9.17) is 23.7 Å². The predicted octanol–water partition coefficient (Wildman–Crippen LogP) is 10.4. The van der Waals surface area contributed by atoms with Crippen molar-refractivity contribution >= 4 is 0 Å². The Kier molecular flexibility index (Phi) is 15.5. The molecule has 2 heterocycles. The van der Waals surface area contributed by atoms with Gasteiger partial charge in [0.15, 0.2) is 35.7 Å². The van der Waals surface area contributed by atoms with Crippen LogP contribution in [0.5, 0.6) is 11.5 Å². The summed E-state index contributed by atoms with van der Waals surface area (Å²) in [4.78, 5) is 0. The molecule has 0 radical (unpaired) electrons. The summed E-state index contributed by atoms with van der Waals surface area (Å²) >= 11 is 0. The van der Waals surface area contributed by atoms with Crippen molar-refractivity contribution in [2.45, 2.75) is 110 Å². The van der Waals surface area contributed by atoms with E-state index >= 15 is 0 Å². The zero-order chi connectivity index (χ0) is 34.5. The van der Waals surface area contributed by atoms with Gasteiger partial charge in [0.2, 0.25) is 11.6 Å². The number of hydrogen-bond acceptors (Lipinski definition) is 6. The van der Waals surface area contributed by atoms with Crippen molar-refractivity contribution in [3.8, 4) is 11.5 Å². The molecule has 6 nitrogen and oxygen atoms in total. The number of rotatable bonds is 18. The number of hydrogen-bond donors (Lipinski definition) is 1. The third-order valence-corrected chi connectivity index (χ3v) is 9.30. The van der Waals surface area contributed by atoms with Gasteiger partial charge in [-0.2, -0.15) is 8.78 Å². The SMILES string of the molecule is CCOc1ccc(C2OCC(CCCCCCC(CCCCCCC3COC(c4ccc(O)c(F)c4F)OC3)=C(C)C)CO2)c(F)c1F. The fraction of sp³-hybridized carbons (Fsp3) is 0.632. The van der Waals surface area contributed by atoms with Crippen molar-refractivity contribution in [2.24, 2.45) is 11.8 Å². The van der Waals surface area contributed by atoms with E-state index < -0.39 is 41.6 Å². The van der Waals surface area contributed by atoms with Crippen LogP contribution in [0.4, 0.5) is 17.6 Å². The van der Waals surface area contributed by atoms with Crippen molar-refractivity contribution in [2.75, 3.05) is 33.0 Å². The number of unbranched alkanes of at least 4 members (excludes halogenated alkanes) is 6. The van der Waals surface area contributed by atoms with Gasteiger partial charge in [0.1, 0.15) is 0 Å². The van der Waals surface area contributed by atoms with Crippen LogP contribution in [-0.2, 0) is 18.9 Å². The molecule has 0 spiro atoms. The van der Waals surface area contributed by atoms with E-state index in [1.165, 1.54) is 49.5 Å². The molecule has 48 heavy (non-hydrogen) atoms. The van der Waals surface area contributed by atoms with Crippen molar-refractivity contribution in [3.63, 3.8) is 0 Å². The summed E-state index contributed by atoms with van der Waals surface area (Å²) in [6, 6.07) is 5.28. The van der Waals surface area contributed by atoms with Crippen LogP contribution in [0.25, 0.3) is 0 Å². The maximum absolute atomic E-state index is 14.5. The van der Waals surface area contributed by atoms with Crippen molar-refractivity contribution in [3.05, 3.63) is 69.8 Å². The van der Waals surface area contributed by atoms with E-state index in [0.717, 1.165) is 57.4 Å². The molecule has 0 unspecified atom stereocenters. The van der Waals surface area contributed by atoms with Crippen molar-refractivity contribution < 1.29 is 46.4 Å². The molecule has 2 aliphatic rings. The largest absolute Gasteiger partial charge is 0.505 e. The van der Waals surface area contributed by atoms with Gasteiger partial charge < -0.3 is 28.8 Å². The van der Waals surface area contributed by atoms with Gasteiger partial charge in [-0.25, -0.2) is 8.78 Å². The lowest BCUT2D eigenvalue weighted by molar-refractivity contribution is -0.207. The number of ether oxygens (including phenoxy) is 5. The molecule has 2 saturated heterocycles. The molecule has 2 aromatic rings. The van der Waals surface area contributed by atoms with E-state index in [1.807, 2.05) is 0 Å². The van der Waals surface area contributed by atoms with E-state index in [1.54, 1.807) is 12.5 Å². The quantitative estimate of drug-likeness (QED) is 0.0960. The van der Waals surface area contributed by atoms with Crippen LogP contribution in [0.3, 0.4) is 0 Å². The molecule has 0 atom stereocenters. The van der Waals surface area contributed by atoms with Crippen molar-refractivity contribution in [1.82, 2.24) is 0 Å². The van der Waals surface area contributed by atoms with Gasteiger partial charge in [0.25, 0.3) is 0 Å². The third kappa shape index (κ3) is 10.9. The highest BCUT2D eigenvalue weighted by atomic mass is 19.2. The highest BCUT2D eigenvalue weighted by molar-refractivity contribution is 5.32. The topological polar surface area (TPSA) is 66.4 Å². The minimum atomic E-state index is -1.28. The molecule has 2 aromatic carbocycles. The normalized spacial score (nSPS) is 21.3. The lowest BCUT2D eigenvalue weighted by Gasteiger charge is -2.30. The molecule has 4 rings (SSSR count). The van der Waals surface area contributed by atoms with Crippen LogP contribution < -0.4 is 4.74 Å². The molecule has 2 fully saturated rings. The molecule has 0 bridgehead atoms. The Labute approximate surface area is 282 Å². The molecule has 1 N–H and O–H groups in total. The summed E-state index contributed by atoms with van der Waals surface area (Å²) in [5.41, 5.74) is 3.02. The van der Waals surface area contributed by atoms with E-state index in [9.17, 15) is 22.7 Å². The number of phenolic OH excluding ortho intramolecular Hbond substituents is 1. The van der Waals surface area contributed by atoms with Gasteiger partial charge in [-0.1, -0.05) is 49.7 Å². The second-order valence-corrected chi connectivity index (χ2v) is 13.3. The Hall–Kier alpha value is -2.66. The van der Waals surface area contributed by atoms with Crippen LogP contribution >= 0.6 is 0 Å². The highest BCUT2D eigenvalue weighted by Crippen LogP contribution is 2.34. The maximum Gasteiger partial charge on any atom is 0.201 e. The predicted molar refractivity (Wildman–Crippen MR) is 176 cm³/mol. The molecule has 2 aliphatic heterocycles. The summed E-state index contributed by atoms with van der Waals surface area (Å²) in [6.07, 6.45) is 11.5. The van der Waals surface area contributed by atoms with Gasteiger partial charge in [0, 0.05) is 23.0 Å². The number of benzene rings is 2. The molecular formula is C38H52F4O6. The van der Waals surface area contributed by atoms with Crippen LogP contribution in [0.15, 0.2) is 35.4 Å². The highest BCUT2D eigenvalue weighted by Gasteiger charge is 2.29. The molecule has 0 aliphatic carbocycles. The number of phenols is 1. The Balaban J connectivity index is 1.01. The number of allylic oxidation sites excluding steroid dienone is 2. The second kappa shape index (κ2) is 19.5. The monoisotopic (exact) mass is 680 g/mol. The number of halogens is 4. The smallest absolute Gasteiger partial charge is 0.201 e. The summed E-state index contributed by atoms with van der Waals surface area (Å²) < 4.78 is 84.5. The third-order valence-electron chi connectivity index (χ3n) is 9.30. The average Bonchev–Trinajstić information content (AvgIpc) is 3.08. The summed E-state index contributed by atoms with van der Waals surface area (Å²) in [5.74, 6) is -4.76. The Morgan fingerprint density at radius 2 is 1.10 bits per heavy atom. The van der Waals surface area contributed by atoms with Crippen molar-refractivity contribution in [1.29, 1.82) is 0 Å². The molecule has 0 aromatic heterocycles. The van der Waals surface area contributed by atoms with Gasteiger partial charge >= 0.3 is 0 Å². The van der Waals surface area contributed by atoms with E-state index in [0.29, 0.717) is 26.4 Å². The van der Waals surface area contributed by atoms with Gasteiger partial charge in [-0.15, -0.1) is 0 Å². The first-order valence-corrected chi connectivity index (χ1v) is 17.6. The second-order valence-electron chi connectivity index (χ2n) is 13.3. The minimum absolute atomic E-state index is 0.0290. The van der Waals surface area contributed by atoms with Crippen LogP contribution in [0.2, 0.25) is 0 Å². The van der Waals surface area contributed by atoms with Gasteiger partial charge in [-0.3, -0.25) is 0 Å². The van der Waals surface area contributed by atoms with E-state index in [-0.39, 0.29) is 35.3 Å². The summed E-state index contributed by atoms with van der Waals surface area (Å²) in [7, 11) is 0. The Morgan fingerprint density at radius 3 is 1.58 bits per heavy atom. The molecule has 268 valence electrons. The summed E-state index contributed by atoms with van der Waals surface area (Å²) in [5, 5.41) is 9.32. The van der Waals surface area contributed by atoms with Crippen LogP contribution in [-0.4, -0.2) is 38.1 Å².